The summed E-state index contributed by atoms with van der Waals surface area (Å²) >= 11 is 0. The number of aliphatic carboxylic acids is 1. The molecule has 0 spiro atoms. The maximum Gasteiger partial charge on any atom is 0.305 e. The van der Waals surface area contributed by atoms with Crippen molar-refractivity contribution in [2.45, 2.75) is 25.5 Å². The summed E-state index contributed by atoms with van der Waals surface area (Å²) in [6.07, 6.45) is -1.25. The number of carboxylic acids is 1. The van der Waals surface area contributed by atoms with Gasteiger partial charge in [-0.3, -0.25) is 4.79 Å². The molecule has 0 aliphatic heterocycles. The molecule has 0 bridgehead atoms. The molecule has 5 heteroatoms. The predicted octanol–water partition coefficient (Wildman–Crippen LogP) is 0.921. The van der Waals surface area contributed by atoms with Crippen molar-refractivity contribution < 1.29 is 19.7 Å². The molecule has 0 heterocycles. The van der Waals surface area contributed by atoms with Crippen LogP contribution in [0.25, 0.3) is 0 Å². The molecule has 0 fully saturated rings. The van der Waals surface area contributed by atoms with Gasteiger partial charge in [0.05, 0.1) is 19.1 Å². The van der Waals surface area contributed by atoms with Crippen LogP contribution in [0, 0.1) is 0 Å². The molecule has 2 atom stereocenters. The Kier molecular flexibility index (Phi) is 4.93. The van der Waals surface area contributed by atoms with Gasteiger partial charge in [0.2, 0.25) is 0 Å². The van der Waals surface area contributed by atoms with Crippen LogP contribution in [0.5, 0.6) is 5.75 Å². The fraction of sp³-hybridized carbons (Fsp3) is 0.417. The number of aliphatic hydroxyl groups is 1. The minimum Gasteiger partial charge on any atom is -0.494 e. The molecule has 1 aromatic carbocycles. The summed E-state index contributed by atoms with van der Waals surface area (Å²) in [5.74, 6) is -0.322. The van der Waals surface area contributed by atoms with E-state index < -0.39 is 18.1 Å². The lowest BCUT2D eigenvalue weighted by Gasteiger charge is -2.17. The normalized spacial score (nSPS) is 14.1. The summed E-state index contributed by atoms with van der Waals surface area (Å²) in [6, 6.07) is 5.98. The first kappa shape index (κ1) is 13.5. The smallest absolute Gasteiger partial charge is 0.305 e. The molecular weight excluding hydrogens is 222 g/mol. The van der Waals surface area contributed by atoms with Crippen molar-refractivity contribution in [2.75, 3.05) is 6.61 Å². The van der Waals surface area contributed by atoms with Crippen molar-refractivity contribution in [3.63, 3.8) is 0 Å². The Morgan fingerprint density at radius 3 is 2.47 bits per heavy atom. The van der Waals surface area contributed by atoms with Gasteiger partial charge in [0.25, 0.3) is 0 Å². The lowest BCUT2D eigenvalue weighted by molar-refractivity contribution is -0.138. The summed E-state index contributed by atoms with van der Waals surface area (Å²) in [5.41, 5.74) is 6.17. The Morgan fingerprint density at radius 1 is 1.41 bits per heavy atom. The van der Waals surface area contributed by atoms with Crippen molar-refractivity contribution in [3.8, 4) is 5.75 Å². The molecule has 0 saturated heterocycles. The van der Waals surface area contributed by atoms with E-state index in [1.54, 1.807) is 24.3 Å². The minimum absolute atomic E-state index is 0.269. The first-order valence-electron chi connectivity index (χ1n) is 5.42. The van der Waals surface area contributed by atoms with E-state index >= 15 is 0 Å². The van der Waals surface area contributed by atoms with Crippen LogP contribution in [0.15, 0.2) is 24.3 Å². The van der Waals surface area contributed by atoms with E-state index in [0.717, 1.165) is 0 Å². The summed E-state index contributed by atoms with van der Waals surface area (Å²) in [6.45, 7) is 2.45. The number of hydrogen-bond acceptors (Lipinski definition) is 4. The Labute approximate surface area is 99.8 Å². The topological polar surface area (TPSA) is 92.8 Å². The SMILES string of the molecule is CCOc1ccc(C(O)C(N)CC(=O)O)cc1. The Balaban J connectivity index is 2.68. The van der Waals surface area contributed by atoms with Crippen molar-refractivity contribution in [3.05, 3.63) is 29.8 Å². The molecule has 0 aliphatic carbocycles. The van der Waals surface area contributed by atoms with Crippen molar-refractivity contribution in [1.29, 1.82) is 0 Å². The van der Waals surface area contributed by atoms with Crippen LogP contribution in [0.2, 0.25) is 0 Å². The van der Waals surface area contributed by atoms with Crippen LogP contribution < -0.4 is 10.5 Å². The molecule has 2 unspecified atom stereocenters. The standard InChI is InChI=1S/C12H17NO4/c1-2-17-9-5-3-8(4-6-9)12(16)10(13)7-11(14)15/h3-6,10,12,16H,2,7,13H2,1H3,(H,14,15). The van der Waals surface area contributed by atoms with Crippen molar-refractivity contribution in [1.82, 2.24) is 0 Å². The molecule has 0 amide bonds. The van der Waals surface area contributed by atoms with Gasteiger partial charge in [0.15, 0.2) is 0 Å². The highest BCUT2D eigenvalue weighted by atomic mass is 16.5. The van der Waals surface area contributed by atoms with E-state index in [1.807, 2.05) is 6.92 Å². The first-order chi connectivity index (χ1) is 8.04. The monoisotopic (exact) mass is 239 g/mol. The predicted molar refractivity (Wildman–Crippen MR) is 62.8 cm³/mol. The third-order valence-electron chi connectivity index (χ3n) is 2.35. The first-order valence-corrected chi connectivity index (χ1v) is 5.42. The van der Waals surface area contributed by atoms with Gasteiger partial charge in [-0.1, -0.05) is 12.1 Å². The van der Waals surface area contributed by atoms with Gasteiger partial charge >= 0.3 is 5.97 Å². The molecule has 4 N–H and O–H groups in total. The van der Waals surface area contributed by atoms with Crippen LogP contribution in [0.3, 0.4) is 0 Å². The Hall–Kier alpha value is -1.59. The minimum atomic E-state index is -1.03. The Morgan fingerprint density at radius 2 is 2.00 bits per heavy atom. The lowest BCUT2D eigenvalue weighted by atomic mass is 10.0. The second-order valence-electron chi connectivity index (χ2n) is 3.71. The van der Waals surface area contributed by atoms with Gasteiger partial charge in [-0.25, -0.2) is 0 Å². The molecule has 5 nitrogen and oxygen atoms in total. The average molecular weight is 239 g/mol. The van der Waals surface area contributed by atoms with E-state index in [9.17, 15) is 9.90 Å². The van der Waals surface area contributed by atoms with E-state index in [-0.39, 0.29) is 6.42 Å². The largest absolute Gasteiger partial charge is 0.494 e. The fourth-order valence-electron chi connectivity index (χ4n) is 1.49. The van der Waals surface area contributed by atoms with Gasteiger partial charge in [0, 0.05) is 6.04 Å². The number of ether oxygens (including phenoxy) is 1. The molecule has 1 rings (SSSR count). The van der Waals surface area contributed by atoms with Crippen LogP contribution in [-0.4, -0.2) is 28.8 Å². The molecular formula is C12H17NO4. The fourth-order valence-corrected chi connectivity index (χ4v) is 1.49. The zero-order chi connectivity index (χ0) is 12.8. The number of hydrogen-bond donors (Lipinski definition) is 3. The Bertz CT molecular complexity index is 363. The average Bonchev–Trinajstić information content (AvgIpc) is 2.28. The number of aliphatic hydroxyl groups excluding tert-OH is 1. The summed E-state index contributed by atoms with van der Waals surface area (Å²) in [7, 11) is 0. The number of nitrogens with two attached hydrogens (primary N) is 1. The second kappa shape index (κ2) is 6.22. The zero-order valence-electron chi connectivity index (χ0n) is 9.67. The number of rotatable bonds is 6. The second-order valence-corrected chi connectivity index (χ2v) is 3.71. The molecule has 0 radical (unpaired) electrons. The van der Waals surface area contributed by atoms with E-state index in [2.05, 4.69) is 0 Å². The number of benzene rings is 1. The van der Waals surface area contributed by atoms with E-state index in [0.29, 0.717) is 17.9 Å². The number of carbonyl (C=O) groups is 1. The van der Waals surface area contributed by atoms with E-state index in [4.69, 9.17) is 15.6 Å². The third kappa shape index (κ3) is 4.05. The highest BCUT2D eigenvalue weighted by Crippen LogP contribution is 2.20. The highest BCUT2D eigenvalue weighted by molar-refractivity contribution is 5.67. The van der Waals surface area contributed by atoms with Gasteiger partial charge in [-0.2, -0.15) is 0 Å². The summed E-state index contributed by atoms with van der Waals surface area (Å²) < 4.78 is 5.26. The van der Waals surface area contributed by atoms with Gasteiger partial charge in [-0.05, 0) is 24.6 Å². The lowest BCUT2D eigenvalue weighted by Crippen LogP contribution is -2.30. The summed E-state index contributed by atoms with van der Waals surface area (Å²) in [4.78, 5) is 10.5. The van der Waals surface area contributed by atoms with Gasteiger partial charge in [0.1, 0.15) is 5.75 Å². The molecule has 1 aromatic rings. The zero-order valence-corrected chi connectivity index (χ0v) is 9.67. The highest BCUT2D eigenvalue weighted by Gasteiger charge is 2.19. The van der Waals surface area contributed by atoms with Crippen LogP contribution in [0.4, 0.5) is 0 Å². The van der Waals surface area contributed by atoms with E-state index in [1.165, 1.54) is 0 Å². The van der Waals surface area contributed by atoms with Gasteiger partial charge < -0.3 is 20.7 Å². The molecule has 17 heavy (non-hydrogen) atoms. The third-order valence-corrected chi connectivity index (χ3v) is 2.35. The quantitative estimate of drug-likeness (QED) is 0.686. The van der Waals surface area contributed by atoms with Crippen molar-refractivity contribution in [2.24, 2.45) is 5.73 Å². The molecule has 0 aliphatic rings. The van der Waals surface area contributed by atoms with Crippen LogP contribution >= 0.6 is 0 Å². The molecule has 0 saturated carbocycles. The molecule has 94 valence electrons. The molecule has 0 aromatic heterocycles. The number of carboxylic acid groups (broad SMARTS) is 1. The van der Waals surface area contributed by atoms with Gasteiger partial charge in [-0.15, -0.1) is 0 Å². The maximum atomic E-state index is 10.5. The summed E-state index contributed by atoms with van der Waals surface area (Å²) in [5, 5.41) is 18.4. The van der Waals surface area contributed by atoms with Crippen LogP contribution in [0.1, 0.15) is 25.0 Å². The maximum absolute atomic E-state index is 10.5. The van der Waals surface area contributed by atoms with Crippen molar-refractivity contribution >= 4 is 5.97 Å². The van der Waals surface area contributed by atoms with Crippen LogP contribution in [-0.2, 0) is 4.79 Å².